The third-order valence-corrected chi connectivity index (χ3v) is 9.03. The number of hydrogen-bond donors (Lipinski definition) is 1. The predicted molar refractivity (Wildman–Crippen MR) is 136 cm³/mol. The summed E-state index contributed by atoms with van der Waals surface area (Å²) in [5, 5.41) is 2.46. The van der Waals surface area contributed by atoms with Crippen molar-refractivity contribution < 1.29 is 14.4 Å². The molecule has 1 N–H and O–H groups in total. The summed E-state index contributed by atoms with van der Waals surface area (Å²) in [4.78, 5) is 43.5. The van der Waals surface area contributed by atoms with E-state index in [9.17, 15) is 14.4 Å². The SMILES string of the molecule is CN1CCC(C(=O)N2CCC(C3CCN(c4ccc(C5CCC(=O)NC5=O)cc4)CC3)CC2)CC1. The number of benzene rings is 1. The summed E-state index contributed by atoms with van der Waals surface area (Å²) >= 11 is 0. The fourth-order valence-corrected chi connectivity index (χ4v) is 6.66. The second-order valence-corrected chi connectivity index (χ2v) is 11.2. The van der Waals surface area contributed by atoms with E-state index in [1.54, 1.807) is 0 Å². The van der Waals surface area contributed by atoms with Crippen LogP contribution in [0.4, 0.5) is 5.69 Å². The zero-order chi connectivity index (χ0) is 24.4. The van der Waals surface area contributed by atoms with Gasteiger partial charge < -0.3 is 14.7 Å². The van der Waals surface area contributed by atoms with Crippen LogP contribution >= 0.6 is 0 Å². The maximum absolute atomic E-state index is 13.0. The minimum Gasteiger partial charge on any atom is -0.372 e. The van der Waals surface area contributed by atoms with E-state index in [1.807, 2.05) is 0 Å². The molecule has 0 spiro atoms. The zero-order valence-corrected chi connectivity index (χ0v) is 21.1. The quantitative estimate of drug-likeness (QED) is 0.671. The van der Waals surface area contributed by atoms with E-state index in [0.29, 0.717) is 18.7 Å². The number of piperidine rings is 4. The Morgan fingerprint density at radius 1 is 0.800 bits per heavy atom. The lowest BCUT2D eigenvalue weighted by atomic mass is 9.78. The van der Waals surface area contributed by atoms with Crippen LogP contribution in [0.5, 0.6) is 0 Å². The maximum Gasteiger partial charge on any atom is 0.234 e. The fourth-order valence-electron chi connectivity index (χ4n) is 6.66. The van der Waals surface area contributed by atoms with Crippen LogP contribution in [-0.2, 0) is 14.4 Å². The summed E-state index contributed by atoms with van der Waals surface area (Å²) in [7, 11) is 2.15. The molecule has 0 radical (unpaired) electrons. The highest BCUT2D eigenvalue weighted by atomic mass is 16.2. The minimum absolute atomic E-state index is 0.166. The van der Waals surface area contributed by atoms with Gasteiger partial charge in [0.15, 0.2) is 0 Å². The first-order valence-corrected chi connectivity index (χ1v) is 13.6. The smallest absolute Gasteiger partial charge is 0.234 e. The molecule has 7 nitrogen and oxygen atoms in total. The van der Waals surface area contributed by atoms with Gasteiger partial charge in [-0.15, -0.1) is 0 Å². The first-order valence-electron chi connectivity index (χ1n) is 13.6. The van der Waals surface area contributed by atoms with Crippen molar-refractivity contribution in [2.24, 2.45) is 17.8 Å². The van der Waals surface area contributed by atoms with Crippen molar-refractivity contribution in [1.82, 2.24) is 15.1 Å². The number of anilines is 1. The minimum atomic E-state index is -0.218. The average Bonchev–Trinajstić information content (AvgIpc) is 2.89. The fraction of sp³-hybridized carbons (Fsp3) is 0.679. The molecule has 1 aromatic carbocycles. The summed E-state index contributed by atoms with van der Waals surface area (Å²) < 4.78 is 0. The lowest BCUT2D eigenvalue weighted by Crippen LogP contribution is -2.46. The second kappa shape index (κ2) is 10.7. The number of carbonyl (C=O) groups excluding carboxylic acids is 3. The molecule has 0 aromatic heterocycles. The highest BCUT2D eigenvalue weighted by molar-refractivity contribution is 6.00. The molecule has 4 fully saturated rings. The molecule has 7 heteroatoms. The van der Waals surface area contributed by atoms with Crippen molar-refractivity contribution in [2.75, 3.05) is 51.2 Å². The van der Waals surface area contributed by atoms with Gasteiger partial charge in [0.25, 0.3) is 0 Å². The number of imide groups is 1. The number of hydrogen-bond acceptors (Lipinski definition) is 5. The van der Waals surface area contributed by atoms with Crippen molar-refractivity contribution in [1.29, 1.82) is 0 Å². The Kier molecular flexibility index (Phi) is 7.42. The van der Waals surface area contributed by atoms with Gasteiger partial charge in [-0.2, -0.15) is 0 Å². The Balaban J connectivity index is 1.07. The topological polar surface area (TPSA) is 73.0 Å². The molecule has 0 bridgehead atoms. The predicted octanol–water partition coefficient (Wildman–Crippen LogP) is 3.00. The van der Waals surface area contributed by atoms with E-state index in [1.165, 1.54) is 18.5 Å². The largest absolute Gasteiger partial charge is 0.372 e. The monoisotopic (exact) mass is 480 g/mol. The molecule has 4 saturated heterocycles. The number of nitrogens with zero attached hydrogens (tertiary/aromatic N) is 3. The van der Waals surface area contributed by atoms with Crippen LogP contribution in [0.25, 0.3) is 0 Å². The van der Waals surface area contributed by atoms with E-state index in [2.05, 4.69) is 51.3 Å². The summed E-state index contributed by atoms with van der Waals surface area (Å²) in [6, 6.07) is 8.37. The molecule has 190 valence electrons. The molecule has 4 aliphatic rings. The van der Waals surface area contributed by atoms with Crippen LogP contribution < -0.4 is 10.2 Å². The Bertz CT molecular complexity index is 909. The van der Waals surface area contributed by atoms with Crippen molar-refractivity contribution >= 4 is 23.4 Å². The highest BCUT2D eigenvalue weighted by Crippen LogP contribution is 2.35. The number of nitrogens with one attached hydrogen (secondary N) is 1. The Labute approximate surface area is 209 Å². The van der Waals surface area contributed by atoms with Gasteiger partial charge in [-0.25, -0.2) is 0 Å². The van der Waals surface area contributed by atoms with Crippen LogP contribution in [0.1, 0.15) is 62.8 Å². The van der Waals surface area contributed by atoms with Gasteiger partial charge in [-0.05, 0) is 94.6 Å². The first-order chi connectivity index (χ1) is 17.0. The molecule has 3 amide bonds. The van der Waals surface area contributed by atoms with E-state index in [-0.39, 0.29) is 23.7 Å². The van der Waals surface area contributed by atoms with Crippen LogP contribution in [-0.4, -0.2) is 73.8 Å². The van der Waals surface area contributed by atoms with Gasteiger partial charge in [0.2, 0.25) is 17.7 Å². The van der Waals surface area contributed by atoms with Gasteiger partial charge in [-0.3, -0.25) is 19.7 Å². The molecule has 4 heterocycles. The van der Waals surface area contributed by atoms with Gasteiger partial charge >= 0.3 is 0 Å². The summed E-state index contributed by atoms with van der Waals surface area (Å²) in [5.74, 6) is 1.60. The molecule has 1 aromatic rings. The van der Waals surface area contributed by atoms with Crippen LogP contribution in [0.2, 0.25) is 0 Å². The third-order valence-electron chi connectivity index (χ3n) is 9.03. The van der Waals surface area contributed by atoms with Gasteiger partial charge in [-0.1, -0.05) is 12.1 Å². The van der Waals surface area contributed by atoms with Gasteiger partial charge in [0.1, 0.15) is 0 Å². The summed E-state index contributed by atoms with van der Waals surface area (Å²) in [5.41, 5.74) is 2.22. The van der Waals surface area contributed by atoms with Crippen LogP contribution in [0.3, 0.4) is 0 Å². The highest BCUT2D eigenvalue weighted by Gasteiger charge is 2.34. The van der Waals surface area contributed by atoms with E-state index in [4.69, 9.17) is 0 Å². The molecule has 1 atom stereocenters. The Morgan fingerprint density at radius 3 is 2.00 bits per heavy atom. The lowest BCUT2D eigenvalue weighted by molar-refractivity contribution is -0.139. The first kappa shape index (κ1) is 24.3. The third kappa shape index (κ3) is 5.55. The van der Waals surface area contributed by atoms with E-state index >= 15 is 0 Å². The Morgan fingerprint density at radius 2 is 1.40 bits per heavy atom. The second-order valence-electron chi connectivity index (χ2n) is 11.2. The molecule has 4 aliphatic heterocycles. The van der Waals surface area contributed by atoms with Crippen LogP contribution in [0, 0.1) is 17.8 Å². The van der Waals surface area contributed by atoms with Crippen molar-refractivity contribution in [2.45, 2.75) is 57.3 Å². The van der Waals surface area contributed by atoms with E-state index in [0.717, 1.165) is 82.4 Å². The van der Waals surface area contributed by atoms with Crippen molar-refractivity contribution in [3.05, 3.63) is 29.8 Å². The Hall–Kier alpha value is -2.41. The number of carbonyl (C=O) groups is 3. The lowest BCUT2D eigenvalue weighted by Gasteiger charge is -2.42. The maximum atomic E-state index is 13.0. The number of rotatable bonds is 4. The number of amides is 3. The summed E-state index contributed by atoms with van der Waals surface area (Å²) in [6.07, 6.45) is 7.78. The molecule has 35 heavy (non-hydrogen) atoms. The standard InChI is InChI=1S/C28H40N4O3/c1-30-14-8-23(9-15-30)28(35)32-18-12-21(13-19-32)20-10-16-31(17-11-20)24-4-2-22(3-5-24)25-6-7-26(33)29-27(25)34/h2-5,20-21,23,25H,6-19H2,1H3,(H,29,33,34). The van der Waals surface area contributed by atoms with Gasteiger partial charge in [0, 0.05) is 44.2 Å². The van der Waals surface area contributed by atoms with Crippen molar-refractivity contribution in [3.8, 4) is 0 Å². The molecule has 5 rings (SSSR count). The zero-order valence-electron chi connectivity index (χ0n) is 21.1. The molecular formula is C28H40N4O3. The average molecular weight is 481 g/mol. The molecule has 0 saturated carbocycles. The number of likely N-dealkylation sites (tertiary alicyclic amines) is 2. The molecule has 1 unspecified atom stereocenters. The molecular weight excluding hydrogens is 440 g/mol. The van der Waals surface area contributed by atoms with Crippen LogP contribution in [0.15, 0.2) is 24.3 Å². The normalized spacial score (nSPS) is 26.1. The van der Waals surface area contributed by atoms with Crippen molar-refractivity contribution in [3.63, 3.8) is 0 Å². The molecule has 0 aliphatic carbocycles. The van der Waals surface area contributed by atoms with E-state index < -0.39 is 0 Å². The van der Waals surface area contributed by atoms with Gasteiger partial charge in [0.05, 0.1) is 5.92 Å². The summed E-state index contributed by atoms with van der Waals surface area (Å²) in [6.45, 7) is 6.11.